The van der Waals surface area contributed by atoms with E-state index in [1.807, 2.05) is 24.4 Å². The Morgan fingerprint density at radius 1 is 1.33 bits per heavy atom. The summed E-state index contributed by atoms with van der Waals surface area (Å²) >= 11 is 0. The highest BCUT2D eigenvalue weighted by atomic mass is 16.3. The van der Waals surface area contributed by atoms with Gasteiger partial charge in [0.15, 0.2) is 0 Å². The molecule has 2 aromatic rings. The number of piperidine rings is 1. The summed E-state index contributed by atoms with van der Waals surface area (Å²) < 4.78 is 0. The van der Waals surface area contributed by atoms with Gasteiger partial charge in [0.25, 0.3) is 0 Å². The molecule has 0 bridgehead atoms. The van der Waals surface area contributed by atoms with E-state index in [0.29, 0.717) is 6.54 Å². The second-order valence-electron chi connectivity index (χ2n) is 4.84. The van der Waals surface area contributed by atoms with Gasteiger partial charge in [0, 0.05) is 36.3 Å². The van der Waals surface area contributed by atoms with Crippen LogP contribution in [0.15, 0.2) is 30.6 Å². The monoisotopic (exact) mass is 243 g/mol. The Hall–Kier alpha value is -1.81. The zero-order chi connectivity index (χ0) is 12.5. The number of nitrogens with two attached hydrogens (primary N) is 1. The van der Waals surface area contributed by atoms with E-state index >= 15 is 0 Å². The van der Waals surface area contributed by atoms with Gasteiger partial charge in [0.2, 0.25) is 0 Å². The minimum absolute atomic E-state index is 0.244. The topological polar surface area (TPSA) is 62.4 Å². The van der Waals surface area contributed by atoms with Crippen molar-refractivity contribution in [3.05, 3.63) is 30.6 Å². The number of nitrogens with zero attached hydrogens (tertiary/aromatic N) is 2. The van der Waals surface area contributed by atoms with Crippen LogP contribution in [0.25, 0.3) is 10.8 Å². The van der Waals surface area contributed by atoms with E-state index in [-0.39, 0.29) is 6.10 Å². The van der Waals surface area contributed by atoms with Crippen LogP contribution >= 0.6 is 0 Å². The van der Waals surface area contributed by atoms with Crippen LogP contribution in [-0.2, 0) is 0 Å². The molecule has 18 heavy (non-hydrogen) atoms. The summed E-state index contributed by atoms with van der Waals surface area (Å²) in [6, 6.07) is 6.00. The van der Waals surface area contributed by atoms with Crippen molar-refractivity contribution in [3.63, 3.8) is 0 Å². The highest BCUT2D eigenvalue weighted by Crippen LogP contribution is 2.32. The number of nitrogen functional groups attached to an aromatic ring is 1. The number of hydrogen-bond acceptors (Lipinski definition) is 4. The van der Waals surface area contributed by atoms with Crippen molar-refractivity contribution in [1.29, 1.82) is 0 Å². The fourth-order valence-electron chi connectivity index (χ4n) is 2.63. The molecule has 0 saturated carbocycles. The molecule has 1 aliphatic rings. The van der Waals surface area contributed by atoms with Gasteiger partial charge in [0.05, 0.1) is 17.5 Å². The zero-order valence-electron chi connectivity index (χ0n) is 10.2. The summed E-state index contributed by atoms with van der Waals surface area (Å²) in [6.07, 6.45) is 5.23. The first-order chi connectivity index (χ1) is 8.75. The SMILES string of the molecule is Nc1c(N2CCCC(O)C2)ccc2cnccc12. The van der Waals surface area contributed by atoms with Crippen molar-refractivity contribution in [1.82, 2.24) is 4.98 Å². The average molecular weight is 243 g/mol. The van der Waals surface area contributed by atoms with Crippen LogP contribution in [0.4, 0.5) is 11.4 Å². The lowest BCUT2D eigenvalue weighted by molar-refractivity contribution is 0.154. The maximum absolute atomic E-state index is 9.75. The van der Waals surface area contributed by atoms with Gasteiger partial charge in [-0.15, -0.1) is 0 Å². The molecule has 3 N–H and O–H groups in total. The Morgan fingerprint density at radius 2 is 2.22 bits per heavy atom. The average Bonchev–Trinajstić information content (AvgIpc) is 2.39. The van der Waals surface area contributed by atoms with Crippen LogP contribution in [0.5, 0.6) is 0 Å². The number of benzene rings is 1. The molecule has 94 valence electrons. The van der Waals surface area contributed by atoms with Crippen LogP contribution in [0.2, 0.25) is 0 Å². The van der Waals surface area contributed by atoms with Crippen molar-refractivity contribution in [2.45, 2.75) is 18.9 Å². The summed E-state index contributed by atoms with van der Waals surface area (Å²) in [5.41, 5.74) is 8.05. The molecule has 1 aliphatic heterocycles. The summed E-state index contributed by atoms with van der Waals surface area (Å²) in [5.74, 6) is 0. The van der Waals surface area contributed by atoms with E-state index < -0.39 is 0 Å². The minimum Gasteiger partial charge on any atom is -0.397 e. The molecule has 3 rings (SSSR count). The van der Waals surface area contributed by atoms with Gasteiger partial charge >= 0.3 is 0 Å². The van der Waals surface area contributed by atoms with Crippen molar-refractivity contribution in [2.24, 2.45) is 0 Å². The molecule has 0 radical (unpaired) electrons. The first-order valence-corrected chi connectivity index (χ1v) is 6.31. The summed E-state index contributed by atoms with van der Waals surface area (Å²) in [6.45, 7) is 1.62. The second-order valence-corrected chi connectivity index (χ2v) is 4.84. The number of anilines is 2. The van der Waals surface area contributed by atoms with Gasteiger partial charge in [-0.05, 0) is 25.0 Å². The molecule has 2 heterocycles. The Morgan fingerprint density at radius 3 is 3.06 bits per heavy atom. The number of fused-ring (bicyclic) bond motifs is 1. The number of aliphatic hydroxyl groups excluding tert-OH is 1. The molecule has 4 nitrogen and oxygen atoms in total. The molecular formula is C14H17N3O. The number of pyridine rings is 1. The molecule has 1 unspecified atom stereocenters. The number of β-amino-alcohol motifs (C(OH)–C–C–N with tert-alkyl or cyclic N) is 1. The summed E-state index contributed by atoms with van der Waals surface area (Å²) in [4.78, 5) is 6.27. The Labute approximate surface area is 106 Å². The number of aromatic nitrogens is 1. The third-order valence-corrected chi connectivity index (χ3v) is 3.58. The Bertz CT molecular complexity index is 570. The Balaban J connectivity index is 2.04. The first kappa shape index (κ1) is 11.3. The standard InChI is InChI=1S/C14H17N3O/c15-14-12-5-6-16-8-10(12)3-4-13(14)17-7-1-2-11(18)9-17/h3-6,8,11,18H,1-2,7,9,15H2. The minimum atomic E-state index is -0.244. The van der Waals surface area contributed by atoms with Gasteiger partial charge in [-0.25, -0.2) is 0 Å². The highest BCUT2D eigenvalue weighted by molar-refractivity contribution is 5.98. The smallest absolute Gasteiger partial charge is 0.0715 e. The summed E-state index contributed by atoms with van der Waals surface area (Å²) in [5, 5.41) is 11.8. The Kier molecular flexibility index (Phi) is 2.80. The van der Waals surface area contributed by atoms with E-state index in [0.717, 1.165) is 41.5 Å². The van der Waals surface area contributed by atoms with Gasteiger partial charge in [-0.3, -0.25) is 4.98 Å². The fraction of sp³-hybridized carbons (Fsp3) is 0.357. The maximum atomic E-state index is 9.75. The lowest BCUT2D eigenvalue weighted by atomic mass is 10.0. The van der Waals surface area contributed by atoms with Crippen molar-refractivity contribution in [2.75, 3.05) is 23.7 Å². The molecule has 1 aromatic heterocycles. The van der Waals surface area contributed by atoms with E-state index in [1.54, 1.807) is 6.20 Å². The predicted molar refractivity (Wildman–Crippen MR) is 73.6 cm³/mol. The largest absolute Gasteiger partial charge is 0.397 e. The van der Waals surface area contributed by atoms with Gasteiger partial charge in [-0.2, -0.15) is 0 Å². The van der Waals surface area contributed by atoms with E-state index in [1.165, 1.54) is 0 Å². The lowest BCUT2D eigenvalue weighted by Crippen LogP contribution is -2.38. The van der Waals surface area contributed by atoms with Gasteiger partial charge < -0.3 is 15.7 Å². The van der Waals surface area contributed by atoms with Crippen molar-refractivity contribution in [3.8, 4) is 0 Å². The maximum Gasteiger partial charge on any atom is 0.0715 e. The molecule has 1 atom stereocenters. The van der Waals surface area contributed by atoms with Crippen molar-refractivity contribution < 1.29 is 5.11 Å². The van der Waals surface area contributed by atoms with E-state index in [4.69, 9.17) is 5.73 Å². The highest BCUT2D eigenvalue weighted by Gasteiger charge is 2.20. The zero-order valence-corrected chi connectivity index (χ0v) is 10.2. The third kappa shape index (κ3) is 1.88. The fourth-order valence-corrected chi connectivity index (χ4v) is 2.63. The van der Waals surface area contributed by atoms with Crippen LogP contribution in [0.1, 0.15) is 12.8 Å². The number of rotatable bonds is 1. The summed E-state index contributed by atoms with van der Waals surface area (Å²) in [7, 11) is 0. The van der Waals surface area contributed by atoms with Crippen LogP contribution in [0, 0.1) is 0 Å². The molecule has 4 heteroatoms. The third-order valence-electron chi connectivity index (χ3n) is 3.58. The van der Waals surface area contributed by atoms with Crippen LogP contribution in [0.3, 0.4) is 0 Å². The molecule has 1 saturated heterocycles. The van der Waals surface area contributed by atoms with Crippen LogP contribution < -0.4 is 10.6 Å². The van der Waals surface area contributed by atoms with Crippen LogP contribution in [-0.4, -0.2) is 29.3 Å². The predicted octanol–water partition coefficient (Wildman–Crippen LogP) is 1.78. The number of hydrogen-bond donors (Lipinski definition) is 2. The molecule has 0 aliphatic carbocycles. The second kappa shape index (κ2) is 4.46. The molecule has 0 spiro atoms. The van der Waals surface area contributed by atoms with Crippen molar-refractivity contribution >= 4 is 22.1 Å². The molecular weight excluding hydrogens is 226 g/mol. The van der Waals surface area contributed by atoms with E-state index in [9.17, 15) is 5.11 Å². The molecule has 0 amide bonds. The molecule has 1 fully saturated rings. The van der Waals surface area contributed by atoms with Gasteiger partial charge in [-0.1, -0.05) is 6.07 Å². The quantitative estimate of drug-likeness (QED) is 0.749. The van der Waals surface area contributed by atoms with E-state index in [2.05, 4.69) is 9.88 Å². The molecule has 1 aromatic carbocycles. The lowest BCUT2D eigenvalue weighted by Gasteiger charge is -2.33. The number of aliphatic hydroxyl groups is 1. The van der Waals surface area contributed by atoms with Gasteiger partial charge in [0.1, 0.15) is 0 Å². The normalized spacial score (nSPS) is 20.3. The first-order valence-electron chi connectivity index (χ1n) is 6.31.